The fourth-order valence-corrected chi connectivity index (χ4v) is 3.36. The molecule has 1 heterocycles. The number of carbonyl (C=O) groups excluding carboxylic acids is 1. The van der Waals surface area contributed by atoms with E-state index in [0.717, 1.165) is 37.8 Å². The van der Waals surface area contributed by atoms with Crippen molar-refractivity contribution in [3.05, 3.63) is 65.2 Å². The Balaban J connectivity index is 1.71. The lowest BCUT2D eigenvalue weighted by molar-refractivity contribution is 0.0727. The van der Waals surface area contributed by atoms with Crippen molar-refractivity contribution in [3.8, 4) is 5.75 Å². The molecule has 2 aromatic rings. The molecule has 1 fully saturated rings. The van der Waals surface area contributed by atoms with Gasteiger partial charge in [-0.25, -0.2) is 0 Å². The van der Waals surface area contributed by atoms with Crippen LogP contribution in [0.4, 0.5) is 0 Å². The van der Waals surface area contributed by atoms with Gasteiger partial charge in [0.25, 0.3) is 5.91 Å². The van der Waals surface area contributed by atoms with E-state index in [2.05, 4.69) is 24.3 Å². The Morgan fingerprint density at radius 2 is 2.00 bits per heavy atom. The third-order valence-corrected chi connectivity index (χ3v) is 4.63. The van der Waals surface area contributed by atoms with Gasteiger partial charge in [-0.1, -0.05) is 42.0 Å². The number of hydrogen-bond donors (Lipinski definition) is 1. The average molecular weight is 309 g/mol. The molecule has 1 amide bonds. The third-order valence-electron chi connectivity index (χ3n) is 4.63. The Morgan fingerprint density at radius 1 is 1.22 bits per heavy atom. The first-order valence-electron chi connectivity index (χ1n) is 8.29. The van der Waals surface area contributed by atoms with Crippen LogP contribution in [-0.4, -0.2) is 28.5 Å². The molecule has 3 heteroatoms. The zero-order chi connectivity index (χ0) is 16.2. The number of aromatic hydroxyl groups is 1. The molecule has 120 valence electrons. The highest BCUT2D eigenvalue weighted by Gasteiger charge is 2.30. The van der Waals surface area contributed by atoms with Gasteiger partial charge >= 0.3 is 0 Å². The van der Waals surface area contributed by atoms with E-state index in [-0.39, 0.29) is 17.7 Å². The summed E-state index contributed by atoms with van der Waals surface area (Å²) in [6.07, 6.45) is 4.04. The molecule has 23 heavy (non-hydrogen) atoms. The Bertz CT molecular complexity index is 681. The summed E-state index contributed by atoms with van der Waals surface area (Å²) >= 11 is 0. The zero-order valence-electron chi connectivity index (χ0n) is 13.5. The van der Waals surface area contributed by atoms with Gasteiger partial charge in [0.15, 0.2) is 0 Å². The van der Waals surface area contributed by atoms with Gasteiger partial charge in [0.1, 0.15) is 5.75 Å². The molecule has 0 spiro atoms. The number of carbonyl (C=O) groups is 1. The van der Waals surface area contributed by atoms with Crippen LogP contribution >= 0.6 is 0 Å². The number of amides is 1. The maximum atomic E-state index is 12.8. The van der Waals surface area contributed by atoms with Crippen LogP contribution in [0.5, 0.6) is 5.75 Å². The van der Waals surface area contributed by atoms with Gasteiger partial charge in [-0.15, -0.1) is 0 Å². The molecule has 3 nitrogen and oxygen atoms in total. The number of phenolic OH excluding ortho intramolecular Hbond substituents is 1. The minimum absolute atomic E-state index is 0.0400. The van der Waals surface area contributed by atoms with Crippen LogP contribution in [0.15, 0.2) is 48.5 Å². The molecule has 0 bridgehead atoms. The third kappa shape index (κ3) is 3.55. The first kappa shape index (κ1) is 15.6. The fraction of sp³-hybridized carbons (Fsp3) is 0.350. The maximum Gasteiger partial charge on any atom is 0.257 e. The molecule has 1 N–H and O–H groups in total. The molecule has 1 atom stereocenters. The van der Waals surface area contributed by atoms with E-state index in [1.807, 2.05) is 24.0 Å². The first-order chi connectivity index (χ1) is 11.1. The number of nitrogens with zero attached hydrogens (tertiary/aromatic N) is 1. The summed E-state index contributed by atoms with van der Waals surface area (Å²) in [6.45, 7) is 2.72. The van der Waals surface area contributed by atoms with Crippen molar-refractivity contribution in [2.24, 2.45) is 0 Å². The molecular formula is C20H23NO2. The summed E-state index contributed by atoms with van der Waals surface area (Å²) in [7, 11) is 0. The lowest BCUT2D eigenvalue weighted by Gasteiger charge is -2.25. The van der Waals surface area contributed by atoms with Crippen LogP contribution in [0.2, 0.25) is 0 Å². The van der Waals surface area contributed by atoms with Gasteiger partial charge in [0, 0.05) is 12.6 Å². The second-order valence-electron chi connectivity index (χ2n) is 6.34. The van der Waals surface area contributed by atoms with E-state index >= 15 is 0 Å². The van der Waals surface area contributed by atoms with Crippen molar-refractivity contribution in [1.29, 1.82) is 0 Å². The maximum absolute atomic E-state index is 12.8. The predicted octanol–water partition coefficient (Wildman–Crippen LogP) is 3.94. The topological polar surface area (TPSA) is 40.5 Å². The predicted molar refractivity (Wildman–Crippen MR) is 91.7 cm³/mol. The number of benzene rings is 2. The van der Waals surface area contributed by atoms with Gasteiger partial charge in [-0.05, 0) is 50.3 Å². The molecule has 1 unspecified atom stereocenters. The number of likely N-dealkylation sites (tertiary alicyclic amines) is 1. The number of aryl methyl sites for hydroxylation is 2. The van der Waals surface area contributed by atoms with E-state index in [4.69, 9.17) is 0 Å². The van der Waals surface area contributed by atoms with Gasteiger partial charge in [-0.2, -0.15) is 0 Å². The number of rotatable bonds is 4. The SMILES string of the molecule is Cc1ccc(O)c(C(=O)N2CCCC2CCc2ccccc2)c1. The molecule has 3 rings (SSSR count). The minimum Gasteiger partial charge on any atom is -0.507 e. The summed E-state index contributed by atoms with van der Waals surface area (Å²) in [4.78, 5) is 14.7. The molecule has 0 radical (unpaired) electrons. The van der Waals surface area contributed by atoms with Crippen molar-refractivity contribution in [2.75, 3.05) is 6.54 Å². The quantitative estimate of drug-likeness (QED) is 0.929. The van der Waals surface area contributed by atoms with Crippen LogP contribution in [-0.2, 0) is 6.42 Å². The Morgan fingerprint density at radius 3 is 2.78 bits per heavy atom. The van der Waals surface area contributed by atoms with Crippen molar-refractivity contribution in [2.45, 2.75) is 38.6 Å². The standard InChI is InChI=1S/C20H23NO2/c1-15-9-12-19(22)18(14-15)20(23)21-13-5-8-17(21)11-10-16-6-3-2-4-7-16/h2-4,6-7,9,12,14,17,22H,5,8,10-11,13H2,1H3. The summed E-state index contributed by atoms with van der Waals surface area (Å²) < 4.78 is 0. The summed E-state index contributed by atoms with van der Waals surface area (Å²) in [5, 5.41) is 10.0. The second-order valence-corrected chi connectivity index (χ2v) is 6.34. The summed E-state index contributed by atoms with van der Waals surface area (Å²) in [5.41, 5.74) is 2.73. The van der Waals surface area contributed by atoms with E-state index < -0.39 is 0 Å². The van der Waals surface area contributed by atoms with Gasteiger partial charge in [0.2, 0.25) is 0 Å². The van der Waals surface area contributed by atoms with Crippen molar-refractivity contribution < 1.29 is 9.90 Å². The van der Waals surface area contributed by atoms with Crippen LogP contribution in [0.3, 0.4) is 0 Å². The van der Waals surface area contributed by atoms with E-state index in [9.17, 15) is 9.90 Å². The smallest absolute Gasteiger partial charge is 0.257 e. The van der Waals surface area contributed by atoms with Crippen LogP contribution in [0.25, 0.3) is 0 Å². The normalized spacial score (nSPS) is 17.4. The van der Waals surface area contributed by atoms with E-state index in [1.54, 1.807) is 12.1 Å². The van der Waals surface area contributed by atoms with Gasteiger partial charge < -0.3 is 10.0 Å². The lowest BCUT2D eigenvalue weighted by Crippen LogP contribution is -2.35. The van der Waals surface area contributed by atoms with Gasteiger partial charge in [0.05, 0.1) is 5.56 Å². The second kappa shape index (κ2) is 6.86. The Kier molecular flexibility index (Phi) is 4.65. The fourth-order valence-electron chi connectivity index (χ4n) is 3.36. The van der Waals surface area contributed by atoms with Gasteiger partial charge in [-0.3, -0.25) is 4.79 Å². The summed E-state index contributed by atoms with van der Waals surface area (Å²) in [5.74, 6) is 0.0380. The minimum atomic E-state index is -0.0400. The van der Waals surface area contributed by atoms with Crippen molar-refractivity contribution in [1.82, 2.24) is 4.90 Å². The molecule has 1 aliphatic rings. The molecule has 0 saturated carbocycles. The van der Waals surface area contributed by atoms with Crippen molar-refractivity contribution >= 4 is 5.91 Å². The number of hydrogen-bond acceptors (Lipinski definition) is 2. The van der Waals surface area contributed by atoms with Crippen LogP contribution in [0, 0.1) is 6.92 Å². The van der Waals surface area contributed by atoms with Crippen molar-refractivity contribution in [3.63, 3.8) is 0 Å². The van der Waals surface area contributed by atoms with E-state index in [1.165, 1.54) is 5.56 Å². The largest absolute Gasteiger partial charge is 0.507 e. The lowest BCUT2D eigenvalue weighted by atomic mass is 10.0. The highest BCUT2D eigenvalue weighted by Crippen LogP contribution is 2.27. The first-order valence-corrected chi connectivity index (χ1v) is 8.29. The average Bonchev–Trinajstić information content (AvgIpc) is 3.04. The zero-order valence-corrected chi connectivity index (χ0v) is 13.5. The monoisotopic (exact) mass is 309 g/mol. The molecule has 0 aromatic heterocycles. The van der Waals surface area contributed by atoms with E-state index in [0.29, 0.717) is 5.56 Å². The Hall–Kier alpha value is -2.29. The highest BCUT2D eigenvalue weighted by molar-refractivity contribution is 5.97. The molecule has 2 aromatic carbocycles. The highest BCUT2D eigenvalue weighted by atomic mass is 16.3. The molecule has 0 aliphatic carbocycles. The number of phenols is 1. The molecule has 1 saturated heterocycles. The molecular weight excluding hydrogens is 286 g/mol. The van der Waals surface area contributed by atoms with Crippen LogP contribution in [0.1, 0.15) is 40.7 Å². The summed E-state index contributed by atoms with van der Waals surface area (Å²) in [6, 6.07) is 15.9. The molecule has 1 aliphatic heterocycles. The Labute approximate surface area is 137 Å². The van der Waals surface area contributed by atoms with Crippen LogP contribution < -0.4 is 0 Å².